The third-order valence-corrected chi connectivity index (χ3v) is 5.63. The van der Waals surface area contributed by atoms with Crippen molar-refractivity contribution in [1.29, 1.82) is 0 Å². The molecule has 0 aliphatic heterocycles. The van der Waals surface area contributed by atoms with Crippen molar-refractivity contribution in [3.05, 3.63) is 101 Å². The number of rotatable bonds is 9. The molecule has 2 amide bonds. The highest BCUT2D eigenvalue weighted by atomic mass is 16.5. The molecular weight excluding hydrogens is 400 g/mol. The Kier molecular flexibility index (Phi) is 8.03. The maximum absolute atomic E-state index is 13.5. The van der Waals surface area contributed by atoms with Gasteiger partial charge in [-0.05, 0) is 41.3 Å². The molecule has 3 rings (SSSR count). The molecule has 0 heterocycles. The Morgan fingerprint density at radius 3 is 2.19 bits per heavy atom. The Morgan fingerprint density at radius 1 is 0.906 bits per heavy atom. The molecule has 3 aromatic rings. The number of hydrogen-bond donors (Lipinski definition) is 1. The van der Waals surface area contributed by atoms with Crippen molar-refractivity contribution in [3.63, 3.8) is 0 Å². The van der Waals surface area contributed by atoms with Gasteiger partial charge in [-0.3, -0.25) is 9.59 Å². The zero-order valence-electron chi connectivity index (χ0n) is 18.9. The lowest BCUT2D eigenvalue weighted by Crippen LogP contribution is -2.50. The van der Waals surface area contributed by atoms with Gasteiger partial charge in [0, 0.05) is 20.0 Å². The third kappa shape index (κ3) is 5.97. The second-order valence-corrected chi connectivity index (χ2v) is 7.79. The molecule has 3 aromatic carbocycles. The van der Waals surface area contributed by atoms with E-state index in [1.165, 1.54) is 0 Å². The van der Waals surface area contributed by atoms with E-state index in [-0.39, 0.29) is 18.2 Å². The van der Waals surface area contributed by atoms with Crippen LogP contribution in [0.1, 0.15) is 22.3 Å². The summed E-state index contributed by atoms with van der Waals surface area (Å²) in [6.07, 6.45) is 0.652. The Morgan fingerprint density at radius 2 is 1.56 bits per heavy atom. The minimum Gasteiger partial charge on any atom is -0.497 e. The third-order valence-electron chi connectivity index (χ3n) is 5.63. The topological polar surface area (TPSA) is 58.6 Å². The fraction of sp³-hybridized carbons (Fsp3) is 0.259. The van der Waals surface area contributed by atoms with Crippen LogP contribution in [0.5, 0.6) is 5.75 Å². The van der Waals surface area contributed by atoms with E-state index in [1.807, 2.05) is 85.8 Å². The number of hydrogen-bond acceptors (Lipinski definition) is 3. The number of likely N-dealkylation sites (N-methyl/N-ethyl adjacent to an activating group) is 1. The lowest BCUT2D eigenvalue weighted by molar-refractivity contribution is -0.140. The summed E-state index contributed by atoms with van der Waals surface area (Å²) in [5.41, 5.74) is 4.00. The van der Waals surface area contributed by atoms with Crippen LogP contribution in [0.25, 0.3) is 0 Å². The lowest BCUT2D eigenvalue weighted by atomic mass is 10.0. The molecule has 1 N–H and O–H groups in total. The standard InChI is InChI=1S/C27H30N2O3/c1-20-9-7-8-12-23(20)19-29(26(30)18-22-13-15-24(32-3)16-14-22)25(27(31)28-2)17-21-10-5-4-6-11-21/h4-16,25H,17-19H2,1-3H3,(H,28,31)/t25-/m0/s1. The van der Waals surface area contributed by atoms with Crippen molar-refractivity contribution < 1.29 is 14.3 Å². The molecule has 1 atom stereocenters. The van der Waals surface area contributed by atoms with Crippen molar-refractivity contribution in [3.8, 4) is 5.75 Å². The van der Waals surface area contributed by atoms with E-state index >= 15 is 0 Å². The number of aryl methyl sites for hydroxylation is 1. The smallest absolute Gasteiger partial charge is 0.242 e. The number of nitrogens with one attached hydrogen (secondary N) is 1. The van der Waals surface area contributed by atoms with Crippen LogP contribution in [0.2, 0.25) is 0 Å². The largest absolute Gasteiger partial charge is 0.497 e. The summed E-state index contributed by atoms with van der Waals surface area (Å²) in [5.74, 6) is 0.471. The Bertz CT molecular complexity index is 1030. The average Bonchev–Trinajstić information content (AvgIpc) is 2.83. The molecule has 0 aromatic heterocycles. The molecule has 0 aliphatic rings. The first-order valence-corrected chi connectivity index (χ1v) is 10.7. The van der Waals surface area contributed by atoms with Gasteiger partial charge in [-0.15, -0.1) is 0 Å². The van der Waals surface area contributed by atoms with Gasteiger partial charge in [-0.25, -0.2) is 0 Å². The van der Waals surface area contributed by atoms with Gasteiger partial charge < -0.3 is 15.0 Å². The quantitative estimate of drug-likeness (QED) is 0.560. The molecule has 0 spiro atoms. The number of ether oxygens (including phenoxy) is 1. The summed E-state index contributed by atoms with van der Waals surface area (Å²) in [6.45, 7) is 2.39. The second kappa shape index (κ2) is 11.1. The first-order valence-electron chi connectivity index (χ1n) is 10.7. The summed E-state index contributed by atoms with van der Waals surface area (Å²) in [5, 5.41) is 2.75. The second-order valence-electron chi connectivity index (χ2n) is 7.79. The average molecular weight is 431 g/mol. The Labute approximate surface area is 190 Å². The van der Waals surface area contributed by atoms with Gasteiger partial charge >= 0.3 is 0 Å². The predicted octanol–water partition coefficient (Wildman–Crippen LogP) is 3.93. The summed E-state index contributed by atoms with van der Waals surface area (Å²) in [4.78, 5) is 28.2. The minimum absolute atomic E-state index is 0.0945. The number of amides is 2. The van der Waals surface area contributed by atoms with Gasteiger partial charge in [0.15, 0.2) is 0 Å². The van der Waals surface area contributed by atoms with Crippen LogP contribution in [-0.4, -0.2) is 36.9 Å². The van der Waals surface area contributed by atoms with Gasteiger partial charge in [0.25, 0.3) is 0 Å². The fourth-order valence-electron chi connectivity index (χ4n) is 3.71. The number of carbonyl (C=O) groups excluding carboxylic acids is 2. The van der Waals surface area contributed by atoms with Crippen LogP contribution in [0.15, 0.2) is 78.9 Å². The van der Waals surface area contributed by atoms with Gasteiger partial charge in [0.05, 0.1) is 13.5 Å². The Hall–Kier alpha value is -3.60. The van der Waals surface area contributed by atoms with Crippen LogP contribution in [0.4, 0.5) is 0 Å². The van der Waals surface area contributed by atoms with Crippen molar-refractivity contribution in [2.24, 2.45) is 0 Å². The molecule has 0 radical (unpaired) electrons. The Balaban J connectivity index is 1.93. The maximum atomic E-state index is 13.5. The van der Waals surface area contributed by atoms with E-state index in [0.29, 0.717) is 13.0 Å². The van der Waals surface area contributed by atoms with Gasteiger partial charge in [-0.2, -0.15) is 0 Å². The first-order chi connectivity index (χ1) is 15.5. The van der Waals surface area contributed by atoms with E-state index in [1.54, 1.807) is 19.1 Å². The molecule has 32 heavy (non-hydrogen) atoms. The van der Waals surface area contributed by atoms with Crippen molar-refractivity contribution >= 4 is 11.8 Å². The van der Waals surface area contributed by atoms with E-state index < -0.39 is 6.04 Å². The minimum atomic E-state index is -0.618. The van der Waals surface area contributed by atoms with Gasteiger partial charge in [0.1, 0.15) is 11.8 Å². The highest BCUT2D eigenvalue weighted by molar-refractivity contribution is 5.88. The summed E-state index contributed by atoms with van der Waals surface area (Å²) < 4.78 is 5.22. The first kappa shape index (κ1) is 23.1. The van der Waals surface area contributed by atoms with Crippen molar-refractivity contribution in [2.45, 2.75) is 32.4 Å². The zero-order chi connectivity index (χ0) is 22.9. The van der Waals surface area contributed by atoms with E-state index in [2.05, 4.69) is 5.32 Å². The van der Waals surface area contributed by atoms with E-state index in [9.17, 15) is 9.59 Å². The molecule has 0 unspecified atom stereocenters. The predicted molar refractivity (Wildman–Crippen MR) is 126 cm³/mol. The van der Waals surface area contributed by atoms with Crippen molar-refractivity contribution in [2.75, 3.05) is 14.2 Å². The van der Waals surface area contributed by atoms with Crippen LogP contribution < -0.4 is 10.1 Å². The van der Waals surface area contributed by atoms with Crippen LogP contribution in [-0.2, 0) is 29.0 Å². The van der Waals surface area contributed by atoms with E-state index in [4.69, 9.17) is 4.74 Å². The fourth-order valence-corrected chi connectivity index (χ4v) is 3.71. The monoisotopic (exact) mass is 430 g/mol. The summed E-state index contributed by atoms with van der Waals surface area (Å²) >= 11 is 0. The summed E-state index contributed by atoms with van der Waals surface area (Å²) in [6, 6.07) is 24.6. The molecule has 0 aliphatic carbocycles. The SMILES string of the molecule is CNC(=O)[C@H](Cc1ccccc1)N(Cc1ccccc1C)C(=O)Cc1ccc(OC)cc1. The van der Waals surface area contributed by atoms with Crippen LogP contribution >= 0.6 is 0 Å². The molecule has 0 saturated heterocycles. The molecule has 5 nitrogen and oxygen atoms in total. The molecule has 5 heteroatoms. The van der Waals surface area contributed by atoms with Crippen LogP contribution in [0, 0.1) is 6.92 Å². The lowest BCUT2D eigenvalue weighted by Gasteiger charge is -2.31. The van der Waals surface area contributed by atoms with Crippen molar-refractivity contribution in [1.82, 2.24) is 10.2 Å². The molecule has 166 valence electrons. The number of carbonyl (C=O) groups is 2. The normalized spacial score (nSPS) is 11.5. The molecule has 0 bridgehead atoms. The maximum Gasteiger partial charge on any atom is 0.242 e. The highest BCUT2D eigenvalue weighted by Gasteiger charge is 2.30. The number of methoxy groups -OCH3 is 1. The molecular formula is C27H30N2O3. The zero-order valence-corrected chi connectivity index (χ0v) is 18.9. The number of nitrogens with zero attached hydrogens (tertiary/aromatic N) is 1. The van der Waals surface area contributed by atoms with Gasteiger partial charge in [0.2, 0.25) is 11.8 Å². The van der Waals surface area contributed by atoms with Crippen LogP contribution in [0.3, 0.4) is 0 Å². The van der Waals surface area contributed by atoms with E-state index in [0.717, 1.165) is 28.0 Å². The molecule has 0 saturated carbocycles. The van der Waals surface area contributed by atoms with Gasteiger partial charge in [-0.1, -0.05) is 66.7 Å². The number of benzene rings is 3. The molecule has 0 fully saturated rings. The highest BCUT2D eigenvalue weighted by Crippen LogP contribution is 2.19. The summed E-state index contributed by atoms with van der Waals surface area (Å²) in [7, 11) is 3.22.